The minimum absolute atomic E-state index is 0.598. The molecular formula is C9H10ClNO. The van der Waals surface area contributed by atoms with Crippen molar-refractivity contribution in [2.75, 3.05) is 6.61 Å². The second kappa shape index (κ2) is 4.78. The lowest BCUT2D eigenvalue weighted by atomic mass is 10.4. The van der Waals surface area contributed by atoms with Gasteiger partial charge in [-0.3, -0.25) is 0 Å². The van der Waals surface area contributed by atoms with Gasteiger partial charge in [0.05, 0.1) is 11.6 Å². The van der Waals surface area contributed by atoms with Gasteiger partial charge in [-0.25, -0.2) is 4.98 Å². The lowest BCUT2D eigenvalue weighted by Gasteiger charge is -2.01. The Balaban J connectivity index is 2.42. The third-order valence-electron chi connectivity index (χ3n) is 1.27. The SMILES string of the molecule is C=CCCOc1ccc(Cl)cn1. The Morgan fingerprint density at radius 3 is 3.00 bits per heavy atom. The summed E-state index contributed by atoms with van der Waals surface area (Å²) in [5.74, 6) is 0.598. The minimum atomic E-state index is 0.598. The molecule has 0 unspecified atom stereocenters. The van der Waals surface area contributed by atoms with Crippen molar-refractivity contribution >= 4 is 11.6 Å². The Morgan fingerprint density at radius 2 is 2.42 bits per heavy atom. The zero-order chi connectivity index (χ0) is 8.81. The molecule has 0 bridgehead atoms. The fourth-order valence-electron chi connectivity index (χ4n) is 0.694. The summed E-state index contributed by atoms with van der Waals surface area (Å²) in [6, 6.07) is 3.49. The van der Waals surface area contributed by atoms with Gasteiger partial charge in [0.2, 0.25) is 5.88 Å². The summed E-state index contributed by atoms with van der Waals surface area (Å²) in [7, 11) is 0. The third kappa shape index (κ3) is 2.93. The molecule has 1 aromatic rings. The van der Waals surface area contributed by atoms with Gasteiger partial charge in [-0.05, 0) is 12.5 Å². The van der Waals surface area contributed by atoms with Crippen LogP contribution in [0.2, 0.25) is 5.02 Å². The fourth-order valence-corrected chi connectivity index (χ4v) is 0.806. The number of hydrogen-bond donors (Lipinski definition) is 0. The zero-order valence-corrected chi connectivity index (χ0v) is 7.42. The summed E-state index contributed by atoms with van der Waals surface area (Å²) >= 11 is 5.64. The smallest absolute Gasteiger partial charge is 0.213 e. The van der Waals surface area contributed by atoms with Crippen LogP contribution in [-0.2, 0) is 0 Å². The van der Waals surface area contributed by atoms with Gasteiger partial charge in [0.15, 0.2) is 0 Å². The molecule has 0 aliphatic carbocycles. The quantitative estimate of drug-likeness (QED) is 0.529. The summed E-state index contributed by atoms with van der Waals surface area (Å²) in [6.45, 7) is 4.19. The zero-order valence-electron chi connectivity index (χ0n) is 6.66. The Kier molecular flexibility index (Phi) is 3.61. The van der Waals surface area contributed by atoms with Crippen LogP contribution in [0, 0.1) is 0 Å². The van der Waals surface area contributed by atoms with Crippen molar-refractivity contribution in [2.45, 2.75) is 6.42 Å². The molecule has 64 valence electrons. The largest absolute Gasteiger partial charge is 0.477 e. The maximum absolute atomic E-state index is 5.64. The highest BCUT2D eigenvalue weighted by molar-refractivity contribution is 6.30. The van der Waals surface area contributed by atoms with Crippen LogP contribution in [-0.4, -0.2) is 11.6 Å². The maximum atomic E-state index is 5.64. The van der Waals surface area contributed by atoms with Crippen LogP contribution in [0.1, 0.15) is 6.42 Å². The van der Waals surface area contributed by atoms with E-state index in [0.29, 0.717) is 17.5 Å². The van der Waals surface area contributed by atoms with Crippen LogP contribution < -0.4 is 4.74 Å². The van der Waals surface area contributed by atoms with Crippen molar-refractivity contribution in [1.29, 1.82) is 0 Å². The van der Waals surface area contributed by atoms with Gasteiger partial charge in [0, 0.05) is 12.3 Å². The molecule has 0 amide bonds. The Morgan fingerprint density at radius 1 is 1.58 bits per heavy atom. The first-order valence-corrected chi connectivity index (χ1v) is 4.06. The van der Waals surface area contributed by atoms with Gasteiger partial charge in [0.1, 0.15) is 0 Å². The molecule has 0 saturated heterocycles. The van der Waals surface area contributed by atoms with Crippen LogP contribution >= 0.6 is 11.6 Å². The molecule has 0 fully saturated rings. The van der Waals surface area contributed by atoms with Crippen molar-refractivity contribution in [2.24, 2.45) is 0 Å². The van der Waals surface area contributed by atoms with E-state index in [1.165, 1.54) is 0 Å². The number of ether oxygens (including phenoxy) is 1. The summed E-state index contributed by atoms with van der Waals surface area (Å²) < 4.78 is 5.26. The number of rotatable bonds is 4. The van der Waals surface area contributed by atoms with Crippen molar-refractivity contribution in [1.82, 2.24) is 4.98 Å². The lowest BCUT2D eigenvalue weighted by Crippen LogP contribution is -1.96. The molecule has 2 nitrogen and oxygen atoms in total. The first-order chi connectivity index (χ1) is 5.83. The molecule has 12 heavy (non-hydrogen) atoms. The standard InChI is InChI=1S/C9H10ClNO/c1-2-3-6-12-9-5-4-8(10)7-11-9/h2,4-5,7H,1,3,6H2. The Labute approximate surface area is 76.8 Å². The van der Waals surface area contributed by atoms with Crippen molar-refractivity contribution < 1.29 is 4.74 Å². The predicted octanol–water partition coefficient (Wildman–Crippen LogP) is 2.69. The van der Waals surface area contributed by atoms with Crippen LogP contribution in [0.5, 0.6) is 5.88 Å². The van der Waals surface area contributed by atoms with Gasteiger partial charge >= 0.3 is 0 Å². The molecule has 1 heterocycles. The van der Waals surface area contributed by atoms with E-state index in [2.05, 4.69) is 11.6 Å². The molecule has 0 aromatic carbocycles. The number of aromatic nitrogens is 1. The van der Waals surface area contributed by atoms with Gasteiger partial charge in [-0.2, -0.15) is 0 Å². The van der Waals surface area contributed by atoms with Gasteiger partial charge in [-0.15, -0.1) is 6.58 Å². The summed E-state index contributed by atoms with van der Waals surface area (Å²) in [6.07, 6.45) is 4.19. The lowest BCUT2D eigenvalue weighted by molar-refractivity contribution is 0.312. The highest BCUT2D eigenvalue weighted by Gasteiger charge is 1.92. The van der Waals surface area contributed by atoms with Crippen LogP contribution in [0.4, 0.5) is 0 Å². The van der Waals surface area contributed by atoms with E-state index in [9.17, 15) is 0 Å². The predicted molar refractivity (Wildman–Crippen MR) is 49.6 cm³/mol. The molecule has 0 spiro atoms. The van der Waals surface area contributed by atoms with Gasteiger partial charge in [0.25, 0.3) is 0 Å². The van der Waals surface area contributed by atoms with Crippen molar-refractivity contribution in [3.05, 3.63) is 36.0 Å². The van der Waals surface area contributed by atoms with Crippen molar-refractivity contribution in [3.8, 4) is 5.88 Å². The van der Waals surface area contributed by atoms with E-state index in [-0.39, 0.29) is 0 Å². The molecular weight excluding hydrogens is 174 g/mol. The summed E-state index contributed by atoms with van der Waals surface area (Å²) in [5, 5.41) is 0.617. The second-order valence-electron chi connectivity index (χ2n) is 2.24. The van der Waals surface area contributed by atoms with E-state index in [1.54, 1.807) is 24.4 Å². The normalized spacial score (nSPS) is 9.42. The first-order valence-electron chi connectivity index (χ1n) is 3.68. The molecule has 0 aliphatic rings. The number of halogens is 1. The first kappa shape index (κ1) is 9.07. The molecule has 1 aromatic heterocycles. The van der Waals surface area contributed by atoms with Gasteiger partial charge < -0.3 is 4.74 Å². The fraction of sp³-hybridized carbons (Fsp3) is 0.222. The van der Waals surface area contributed by atoms with Crippen LogP contribution in [0.3, 0.4) is 0 Å². The number of pyridine rings is 1. The highest BCUT2D eigenvalue weighted by atomic mass is 35.5. The molecule has 0 aliphatic heterocycles. The van der Waals surface area contributed by atoms with Crippen LogP contribution in [0.25, 0.3) is 0 Å². The summed E-state index contributed by atoms with van der Waals surface area (Å²) in [4.78, 5) is 3.96. The third-order valence-corrected chi connectivity index (χ3v) is 1.50. The highest BCUT2D eigenvalue weighted by Crippen LogP contribution is 2.11. The monoisotopic (exact) mass is 183 g/mol. The van der Waals surface area contributed by atoms with Gasteiger partial charge in [-0.1, -0.05) is 17.7 Å². The maximum Gasteiger partial charge on any atom is 0.213 e. The Bertz CT molecular complexity index is 245. The van der Waals surface area contributed by atoms with Crippen LogP contribution in [0.15, 0.2) is 31.0 Å². The second-order valence-corrected chi connectivity index (χ2v) is 2.68. The molecule has 0 radical (unpaired) electrons. The van der Waals surface area contributed by atoms with Crippen molar-refractivity contribution in [3.63, 3.8) is 0 Å². The minimum Gasteiger partial charge on any atom is -0.477 e. The Hall–Kier alpha value is -1.02. The topological polar surface area (TPSA) is 22.1 Å². The van der Waals surface area contributed by atoms with E-state index in [4.69, 9.17) is 16.3 Å². The summed E-state index contributed by atoms with van der Waals surface area (Å²) in [5.41, 5.74) is 0. The molecule has 0 atom stereocenters. The average Bonchev–Trinajstić information content (AvgIpc) is 2.09. The number of hydrogen-bond acceptors (Lipinski definition) is 2. The molecule has 0 N–H and O–H groups in total. The average molecular weight is 184 g/mol. The molecule has 1 rings (SSSR count). The number of nitrogens with zero attached hydrogens (tertiary/aromatic N) is 1. The van der Waals surface area contributed by atoms with E-state index in [0.717, 1.165) is 6.42 Å². The van der Waals surface area contributed by atoms with E-state index < -0.39 is 0 Å². The van der Waals surface area contributed by atoms with E-state index >= 15 is 0 Å². The van der Waals surface area contributed by atoms with E-state index in [1.807, 2.05) is 0 Å². The molecule has 0 saturated carbocycles. The molecule has 3 heteroatoms.